The van der Waals surface area contributed by atoms with Crippen molar-refractivity contribution in [3.8, 4) is 34.2 Å². The van der Waals surface area contributed by atoms with Crippen LogP contribution >= 0.6 is 0 Å². The van der Waals surface area contributed by atoms with E-state index < -0.39 is 0 Å². The number of fused-ring (bicyclic) bond motifs is 3. The summed E-state index contributed by atoms with van der Waals surface area (Å²) in [4.78, 5) is 44.9. The number of hydrogen-bond acceptors (Lipinski definition) is 12. The standard InChI is InChI=1S/C42H48N12/c1-10-31(28-34(13-1)52-25-7-22-49-19-4-16-43-40(49)52)37-46-38(32-11-2-14-35(29-32)53-26-8-23-50-20-5-17-44-41(50)53)48-39(47-37)33-12-3-15-36(30-33)54-27-9-24-51-21-6-18-45-42(51)54/h1-3,10-15,28-30H,4-9,16-27H2. The molecular weight excluding hydrogens is 673 g/mol. The van der Waals surface area contributed by atoms with E-state index in [1.165, 1.54) is 0 Å². The highest BCUT2D eigenvalue weighted by atomic mass is 15.4. The van der Waals surface area contributed by atoms with Gasteiger partial charge < -0.3 is 29.4 Å². The molecule has 0 aliphatic carbocycles. The lowest BCUT2D eigenvalue weighted by Crippen LogP contribution is -2.52. The van der Waals surface area contributed by atoms with Crippen molar-refractivity contribution < 1.29 is 0 Å². The summed E-state index contributed by atoms with van der Waals surface area (Å²) >= 11 is 0. The fraction of sp³-hybridized carbons (Fsp3) is 0.429. The van der Waals surface area contributed by atoms with Crippen LogP contribution in [0.1, 0.15) is 38.5 Å². The van der Waals surface area contributed by atoms with E-state index in [9.17, 15) is 0 Å². The van der Waals surface area contributed by atoms with E-state index in [1.54, 1.807) is 0 Å². The molecule has 0 atom stereocenters. The molecule has 6 aliphatic heterocycles. The van der Waals surface area contributed by atoms with Crippen LogP contribution in [-0.4, -0.2) is 126 Å². The van der Waals surface area contributed by atoms with Crippen LogP contribution in [0.15, 0.2) is 87.8 Å². The summed E-state index contributed by atoms with van der Waals surface area (Å²) < 4.78 is 0. The van der Waals surface area contributed by atoms with E-state index in [0.717, 1.165) is 169 Å². The van der Waals surface area contributed by atoms with Crippen LogP contribution in [0, 0.1) is 0 Å². The van der Waals surface area contributed by atoms with Gasteiger partial charge in [0.2, 0.25) is 17.9 Å². The quantitative estimate of drug-likeness (QED) is 0.249. The van der Waals surface area contributed by atoms with Crippen molar-refractivity contribution in [3.63, 3.8) is 0 Å². The van der Waals surface area contributed by atoms with E-state index in [0.29, 0.717) is 17.5 Å². The van der Waals surface area contributed by atoms with Gasteiger partial charge in [-0.3, -0.25) is 15.0 Å². The lowest BCUT2D eigenvalue weighted by molar-refractivity contribution is 0.360. The molecule has 7 heterocycles. The maximum absolute atomic E-state index is 5.22. The zero-order valence-electron chi connectivity index (χ0n) is 31.0. The minimum Gasteiger partial charge on any atom is -0.342 e. The Kier molecular flexibility index (Phi) is 8.80. The summed E-state index contributed by atoms with van der Waals surface area (Å²) in [5.41, 5.74) is 6.25. The van der Waals surface area contributed by atoms with Gasteiger partial charge >= 0.3 is 0 Å². The molecule has 0 spiro atoms. The zero-order valence-corrected chi connectivity index (χ0v) is 31.0. The molecule has 10 rings (SSSR count). The Bertz CT molecular complexity index is 1880. The molecule has 12 nitrogen and oxygen atoms in total. The normalized spacial score (nSPS) is 20.1. The summed E-state index contributed by atoms with van der Waals surface area (Å²) in [6.45, 7) is 11.9. The van der Waals surface area contributed by atoms with E-state index in [-0.39, 0.29) is 0 Å². The third kappa shape index (κ3) is 6.31. The molecule has 0 N–H and O–H groups in total. The van der Waals surface area contributed by atoms with Crippen LogP contribution in [0.5, 0.6) is 0 Å². The number of hydrogen-bond donors (Lipinski definition) is 0. The number of aliphatic imine (C=N–C) groups is 3. The van der Waals surface area contributed by atoms with Gasteiger partial charge in [-0.25, -0.2) is 15.0 Å². The highest BCUT2D eigenvalue weighted by Gasteiger charge is 2.30. The molecule has 0 unspecified atom stereocenters. The molecule has 54 heavy (non-hydrogen) atoms. The maximum Gasteiger partial charge on any atom is 0.201 e. The predicted molar refractivity (Wildman–Crippen MR) is 217 cm³/mol. The first-order valence-electron chi connectivity index (χ1n) is 20.0. The highest BCUT2D eigenvalue weighted by molar-refractivity contribution is 5.99. The molecule has 0 saturated carbocycles. The number of anilines is 3. The molecule has 6 aliphatic rings. The van der Waals surface area contributed by atoms with E-state index >= 15 is 0 Å². The maximum atomic E-state index is 5.22. The van der Waals surface area contributed by atoms with E-state index in [2.05, 4.69) is 102 Å². The first-order valence-corrected chi connectivity index (χ1v) is 20.0. The van der Waals surface area contributed by atoms with Crippen LogP contribution in [-0.2, 0) is 0 Å². The Hall–Kier alpha value is -5.52. The predicted octanol–water partition coefficient (Wildman–Crippen LogP) is 5.69. The van der Waals surface area contributed by atoms with Gasteiger partial charge in [0.05, 0.1) is 0 Å². The SMILES string of the molecule is c1cc(-c2nc(-c3cccc(N4CCCN5CCCN=C54)c3)nc(-c3cccc(N4CCCN5CCCN=C54)c3)n2)cc(N2CCCN3CCCN=C32)c1. The fourth-order valence-electron chi connectivity index (χ4n) is 8.82. The second-order valence-electron chi connectivity index (χ2n) is 15.0. The van der Waals surface area contributed by atoms with Crippen LogP contribution in [0.4, 0.5) is 17.1 Å². The summed E-state index contributed by atoms with van der Waals surface area (Å²) in [5.74, 6) is 5.25. The average Bonchev–Trinajstić information content (AvgIpc) is 3.26. The number of rotatable bonds is 6. The van der Waals surface area contributed by atoms with Crippen molar-refractivity contribution in [2.45, 2.75) is 38.5 Å². The van der Waals surface area contributed by atoms with Gasteiger partial charge in [0, 0.05) is 112 Å². The molecule has 3 fully saturated rings. The van der Waals surface area contributed by atoms with Gasteiger partial charge in [-0.05, 0) is 74.9 Å². The van der Waals surface area contributed by atoms with Crippen LogP contribution in [0.3, 0.4) is 0 Å². The van der Waals surface area contributed by atoms with Crippen LogP contribution in [0.2, 0.25) is 0 Å². The topological polar surface area (TPSA) is 95.2 Å². The Morgan fingerprint density at radius 2 is 0.667 bits per heavy atom. The monoisotopic (exact) mass is 720 g/mol. The van der Waals surface area contributed by atoms with Crippen molar-refractivity contribution in [1.82, 2.24) is 29.7 Å². The lowest BCUT2D eigenvalue weighted by atomic mass is 10.1. The molecule has 1 aromatic heterocycles. The van der Waals surface area contributed by atoms with Gasteiger partial charge in [-0.2, -0.15) is 0 Å². The Balaban J connectivity index is 1.06. The van der Waals surface area contributed by atoms with Crippen LogP contribution in [0.25, 0.3) is 34.2 Å². The number of benzene rings is 3. The van der Waals surface area contributed by atoms with E-state index in [1.807, 2.05) is 0 Å². The van der Waals surface area contributed by atoms with Gasteiger partial charge in [0.15, 0.2) is 17.5 Å². The Labute approximate surface area is 317 Å². The van der Waals surface area contributed by atoms with Crippen molar-refractivity contribution in [3.05, 3.63) is 72.8 Å². The number of aromatic nitrogens is 3. The first kappa shape index (κ1) is 33.1. The minimum atomic E-state index is 0.661. The molecular formula is C42H48N12. The third-order valence-corrected chi connectivity index (χ3v) is 11.4. The van der Waals surface area contributed by atoms with E-state index in [4.69, 9.17) is 29.9 Å². The molecule has 0 amide bonds. The molecule has 0 radical (unpaired) electrons. The Morgan fingerprint density at radius 3 is 1.00 bits per heavy atom. The molecule has 276 valence electrons. The van der Waals surface area contributed by atoms with Crippen molar-refractivity contribution in [2.75, 3.05) is 93.2 Å². The first-order chi connectivity index (χ1) is 26.7. The molecule has 0 bridgehead atoms. The molecule has 4 aromatic rings. The molecule has 3 saturated heterocycles. The summed E-state index contributed by atoms with van der Waals surface area (Å²) in [6.07, 6.45) is 6.68. The van der Waals surface area contributed by atoms with Gasteiger partial charge in [-0.15, -0.1) is 0 Å². The summed E-state index contributed by atoms with van der Waals surface area (Å²) in [6, 6.07) is 26.0. The smallest absolute Gasteiger partial charge is 0.201 e. The minimum absolute atomic E-state index is 0.661. The Morgan fingerprint density at radius 1 is 0.352 bits per heavy atom. The average molecular weight is 721 g/mol. The number of guanidine groups is 3. The summed E-state index contributed by atoms with van der Waals surface area (Å²) in [7, 11) is 0. The van der Waals surface area contributed by atoms with Crippen molar-refractivity contribution in [1.29, 1.82) is 0 Å². The van der Waals surface area contributed by atoms with Gasteiger partial charge in [-0.1, -0.05) is 36.4 Å². The third-order valence-electron chi connectivity index (χ3n) is 11.4. The molecule has 3 aromatic carbocycles. The van der Waals surface area contributed by atoms with Crippen molar-refractivity contribution >= 4 is 34.9 Å². The fourth-order valence-corrected chi connectivity index (χ4v) is 8.82. The second kappa shape index (κ2) is 14.4. The molecule has 12 heteroatoms. The largest absolute Gasteiger partial charge is 0.342 e. The summed E-state index contributed by atoms with van der Waals surface area (Å²) in [5, 5.41) is 0. The second-order valence-corrected chi connectivity index (χ2v) is 15.0. The number of nitrogens with zero attached hydrogens (tertiary/aromatic N) is 12. The van der Waals surface area contributed by atoms with Gasteiger partial charge in [0.25, 0.3) is 0 Å². The van der Waals surface area contributed by atoms with Crippen LogP contribution < -0.4 is 14.7 Å². The van der Waals surface area contributed by atoms with Crippen molar-refractivity contribution in [2.24, 2.45) is 15.0 Å². The van der Waals surface area contributed by atoms with Gasteiger partial charge in [0.1, 0.15) is 0 Å². The lowest BCUT2D eigenvalue weighted by Gasteiger charge is -2.41. The zero-order chi connectivity index (χ0) is 35.8. The highest BCUT2D eigenvalue weighted by Crippen LogP contribution is 2.33.